The Morgan fingerprint density at radius 1 is 1.26 bits per heavy atom. The van der Waals surface area contributed by atoms with E-state index in [0.717, 1.165) is 51.0 Å². The van der Waals surface area contributed by atoms with Crippen molar-refractivity contribution in [3.05, 3.63) is 34.6 Å². The van der Waals surface area contributed by atoms with Crippen molar-refractivity contribution >= 4 is 17.5 Å². The van der Waals surface area contributed by atoms with E-state index in [0.29, 0.717) is 11.6 Å². The number of carbonyl (C=O) groups is 1. The van der Waals surface area contributed by atoms with Crippen LogP contribution in [-0.4, -0.2) is 47.9 Å². The minimum Gasteiger partial charge on any atom is -0.340 e. The van der Waals surface area contributed by atoms with Gasteiger partial charge in [-0.05, 0) is 37.0 Å². The molecule has 1 aliphatic carbocycles. The standard InChI is InChI=1S/C17H23ClFN3O/c18-16-10-14(19)3-1-13(16)11-21-5-7-22(8-6-21)17(23)12-2-4-15(20)9-12/h1,3,10,12,15H,2,4-9,11,20H2/t12-,15+/m1/s1. The van der Waals surface area contributed by atoms with Gasteiger partial charge < -0.3 is 10.6 Å². The smallest absolute Gasteiger partial charge is 0.225 e. The van der Waals surface area contributed by atoms with Gasteiger partial charge in [-0.2, -0.15) is 0 Å². The molecule has 1 aliphatic heterocycles. The predicted octanol–water partition coefficient (Wildman–Crippen LogP) is 2.25. The summed E-state index contributed by atoms with van der Waals surface area (Å²) in [5, 5.41) is 0.462. The van der Waals surface area contributed by atoms with E-state index in [9.17, 15) is 9.18 Å². The highest BCUT2D eigenvalue weighted by Gasteiger charge is 2.32. The van der Waals surface area contributed by atoms with Crippen LogP contribution in [0.3, 0.4) is 0 Å². The van der Waals surface area contributed by atoms with E-state index in [-0.39, 0.29) is 23.7 Å². The summed E-state index contributed by atoms with van der Waals surface area (Å²) in [6.45, 7) is 3.80. The molecule has 0 unspecified atom stereocenters. The van der Waals surface area contributed by atoms with Crippen molar-refractivity contribution in [3.8, 4) is 0 Å². The maximum atomic E-state index is 13.1. The summed E-state index contributed by atoms with van der Waals surface area (Å²) < 4.78 is 13.1. The first-order valence-electron chi connectivity index (χ1n) is 8.23. The van der Waals surface area contributed by atoms with Gasteiger partial charge in [-0.15, -0.1) is 0 Å². The summed E-state index contributed by atoms with van der Waals surface area (Å²) in [5.41, 5.74) is 6.83. The quantitative estimate of drug-likeness (QED) is 0.919. The molecule has 6 heteroatoms. The molecule has 1 heterocycles. The van der Waals surface area contributed by atoms with E-state index in [1.165, 1.54) is 12.1 Å². The van der Waals surface area contributed by atoms with Crippen LogP contribution in [0.15, 0.2) is 18.2 Å². The van der Waals surface area contributed by atoms with E-state index in [1.807, 2.05) is 4.90 Å². The number of benzene rings is 1. The molecular formula is C17H23ClFN3O. The lowest BCUT2D eigenvalue weighted by atomic mass is 10.1. The number of nitrogens with two attached hydrogens (primary N) is 1. The Labute approximate surface area is 141 Å². The highest BCUT2D eigenvalue weighted by molar-refractivity contribution is 6.31. The van der Waals surface area contributed by atoms with Gasteiger partial charge in [0, 0.05) is 49.7 Å². The molecule has 2 atom stereocenters. The van der Waals surface area contributed by atoms with Crippen LogP contribution in [0, 0.1) is 11.7 Å². The molecule has 2 aliphatic rings. The predicted molar refractivity (Wildman–Crippen MR) is 88.6 cm³/mol. The average molecular weight is 340 g/mol. The molecule has 1 aromatic carbocycles. The molecule has 0 bridgehead atoms. The van der Waals surface area contributed by atoms with Crippen LogP contribution in [0.25, 0.3) is 0 Å². The molecule has 126 valence electrons. The van der Waals surface area contributed by atoms with Crippen molar-refractivity contribution < 1.29 is 9.18 Å². The van der Waals surface area contributed by atoms with E-state index in [4.69, 9.17) is 17.3 Å². The third-order valence-corrected chi connectivity index (χ3v) is 5.27. The second kappa shape index (κ2) is 7.16. The Kier molecular flexibility index (Phi) is 5.19. The van der Waals surface area contributed by atoms with E-state index in [1.54, 1.807) is 6.07 Å². The van der Waals surface area contributed by atoms with Gasteiger partial charge in [-0.25, -0.2) is 4.39 Å². The Morgan fingerprint density at radius 2 is 2.00 bits per heavy atom. The van der Waals surface area contributed by atoms with Gasteiger partial charge >= 0.3 is 0 Å². The van der Waals surface area contributed by atoms with Crippen LogP contribution < -0.4 is 5.73 Å². The molecule has 2 N–H and O–H groups in total. The molecule has 1 saturated heterocycles. The first-order chi connectivity index (χ1) is 11.0. The fourth-order valence-electron chi connectivity index (χ4n) is 3.52. The number of piperazine rings is 1. The molecule has 1 amide bonds. The Morgan fingerprint density at radius 3 is 2.61 bits per heavy atom. The summed E-state index contributed by atoms with van der Waals surface area (Å²) in [6.07, 6.45) is 2.70. The second-order valence-corrected chi connectivity index (χ2v) is 7.01. The third-order valence-electron chi connectivity index (χ3n) is 4.92. The van der Waals surface area contributed by atoms with Gasteiger partial charge in [0.2, 0.25) is 5.91 Å². The van der Waals surface area contributed by atoms with E-state index >= 15 is 0 Å². The zero-order chi connectivity index (χ0) is 16.4. The van der Waals surface area contributed by atoms with Crippen molar-refractivity contribution in [1.82, 2.24) is 9.80 Å². The summed E-state index contributed by atoms with van der Waals surface area (Å²) >= 11 is 6.08. The highest BCUT2D eigenvalue weighted by Crippen LogP contribution is 2.26. The molecule has 1 aromatic rings. The van der Waals surface area contributed by atoms with Crippen molar-refractivity contribution in [3.63, 3.8) is 0 Å². The summed E-state index contributed by atoms with van der Waals surface area (Å²) in [4.78, 5) is 16.7. The lowest BCUT2D eigenvalue weighted by Gasteiger charge is -2.36. The van der Waals surface area contributed by atoms with Crippen LogP contribution in [0.2, 0.25) is 5.02 Å². The Balaban J connectivity index is 1.51. The zero-order valence-electron chi connectivity index (χ0n) is 13.2. The monoisotopic (exact) mass is 339 g/mol. The van der Waals surface area contributed by atoms with Crippen LogP contribution >= 0.6 is 11.6 Å². The van der Waals surface area contributed by atoms with Gasteiger partial charge in [0.1, 0.15) is 5.82 Å². The van der Waals surface area contributed by atoms with Crippen molar-refractivity contribution in [2.45, 2.75) is 31.8 Å². The lowest BCUT2D eigenvalue weighted by molar-refractivity contribution is -0.137. The highest BCUT2D eigenvalue weighted by atomic mass is 35.5. The molecule has 0 aromatic heterocycles. The van der Waals surface area contributed by atoms with Gasteiger partial charge in [0.15, 0.2) is 0 Å². The van der Waals surface area contributed by atoms with Crippen LogP contribution in [0.1, 0.15) is 24.8 Å². The number of carbonyl (C=O) groups excluding carboxylic acids is 1. The van der Waals surface area contributed by atoms with Crippen LogP contribution in [0.4, 0.5) is 4.39 Å². The minimum atomic E-state index is -0.316. The topological polar surface area (TPSA) is 49.6 Å². The van der Waals surface area contributed by atoms with Gasteiger partial charge in [0.05, 0.1) is 0 Å². The number of amides is 1. The zero-order valence-corrected chi connectivity index (χ0v) is 13.9. The first-order valence-corrected chi connectivity index (χ1v) is 8.61. The van der Waals surface area contributed by atoms with E-state index in [2.05, 4.69) is 4.90 Å². The largest absolute Gasteiger partial charge is 0.340 e. The van der Waals surface area contributed by atoms with Crippen LogP contribution in [-0.2, 0) is 11.3 Å². The van der Waals surface area contributed by atoms with Gasteiger partial charge in [0.25, 0.3) is 0 Å². The number of rotatable bonds is 3. The third kappa shape index (κ3) is 4.03. The molecule has 1 saturated carbocycles. The van der Waals surface area contributed by atoms with Gasteiger partial charge in [-0.3, -0.25) is 9.69 Å². The molecule has 0 spiro atoms. The lowest BCUT2D eigenvalue weighted by Crippen LogP contribution is -2.49. The fourth-order valence-corrected chi connectivity index (χ4v) is 3.74. The second-order valence-electron chi connectivity index (χ2n) is 6.61. The molecule has 4 nitrogen and oxygen atoms in total. The number of nitrogens with zero attached hydrogens (tertiary/aromatic N) is 2. The normalized spacial score (nSPS) is 25.8. The van der Waals surface area contributed by atoms with Gasteiger partial charge in [-0.1, -0.05) is 17.7 Å². The molecule has 2 fully saturated rings. The molecule has 0 radical (unpaired) electrons. The molecule has 3 rings (SSSR count). The minimum absolute atomic E-state index is 0.114. The average Bonchev–Trinajstić information content (AvgIpc) is 2.97. The summed E-state index contributed by atoms with van der Waals surface area (Å²) in [7, 11) is 0. The van der Waals surface area contributed by atoms with Crippen molar-refractivity contribution in [2.24, 2.45) is 11.7 Å². The molecule has 23 heavy (non-hydrogen) atoms. The Bertz CT molecular complexity index is 575. The number of hydrogen-bond acceptors (Lipinski definition) is 3. The molecular weight excluding hydrogens is 317 g/mol. The maximum Gasteiger partial charge on any atom is 0.225 e. The maximum absolute atomic E-state index is 13.1. The van der Waals surface area contributed by atoms with Crippen LogP contribution in [0.5, 0.6) is 0 Å². The van der Waals surface area contributed by atoms with Crippen molar-refractivity contribution in [2.75, 3.05) is 26.2 Å². The fraction of sp³-hybridized carbons (Fsp3) is 0.588. The summed E-state index contributed by atoms with van der Waals surface area (Å²) in [5.74, 6) is 0.0597. The van der Waals surface area contributed by atoms with E-state index < -0.39 is 0 Å². The number of halogens is 2. The number of hydrogen-bond donors (Lipinski definition) is 1. The first kappa shape index (κ1) is 16.7. The SMILES string of the molecule is N[C@H]1CC[C@@H](C(=O)N2CCN(Cc3ccc(F)cc3Cl)CC2)C1. The Hall–Kier alpha value is -1.17. The summed E-state index contributed by atoms with van der Waals surface area (Å²) in [6, 6.07) is 4.70. The van der Waals surface area contributed by atoms with Crippen molar-refractivity contribution in [1.29, 1.82) is 0 Å².